The molecule has 0 radical (unpaired) electrons. The van der Waals surface area contributed by atoms with Gasteiger partial charge in [-0.3, -0.25) is 4.98 Å². The Morgan fingerprint density at radius 3 is 1.78 bits per heavy atom. The molecule has 0 bridgehead atoms. The van der Waals surface area contributed by atoms with Crippen molar-refractivity contribution in [2.45, 2.75) is 59.4 Å². The normalized spacial score (nSPS) is 13.8. The molecule has 1 aliphatic rings. The third-order valence-electron chi connectivity index (χ3n) is 10.0. The number of hydrogen-bond donors (Lipinski definition) is 0. The SMILES string of the molecule is CC(C)c1cccc(C(C)C)c1-n1ccnc1-c1[c-]cccc1.Cc1ccccc1C1=C(c2ccccc2C)N(c2[c-]cccc2)[N-]C1c1ccccc1.[Ir+3]. The van der Waals surface area contributed by atoms with E-state index in [9.17, 15) is 0 Å². The molecule has 0 spiro atoms. The molecule has 1 aromatic heterocycles. The fourth-order valence-corrected chi connectivity index (χ4v) is 7.29. The summed E-state index contributed by atoms with van der Waals surface area (Å²) in [6, 6.07) is 57.0. The van der Waals surface area contributed by atoms with Crippen LogP contribution in [0.5, 0.6) is 0 Å². The van der Waals surface area contributed by atoms with Gasteiger partial charge in [0.05, 0.1) is 5.82 Å². The molecule has 5 heteroatoms. The molecule has 1 unspecified atom stereocenters. The largest absolute Gasteiger partial charge is 3.00 e. The third kappa shape index (κ3) is 8.35. The zero-order chi connectivity index (χ0) is 37.6. The number of hydrogen-bond acceptors (Lipinski definition) is 2. The zero-order valence-corrected chi connectivity index (χ0v) is 34.8. The van der Waals surface area contributed by atoms with Crippen molar-refractivity contribution in [2.24, 2.45) is 0 Å². The number of aromatic nitrogens is 2. The van der Waals surface area contributed by atoms with E-state index in [2.05, 4.69) is 184 Å². The van der Waals surface area contributed by atoms with E-state index in [0.717, 1.165) is 22.8 Å². The summed E-state index contributed by atoms with van der Waals surface area (Å²) in [6.07, 6.45) is 3.93. The van der Waals surface area contributed by atoms with Crippen LogP contribution in [0.15, 0.2) is 158 Å². The summed E-state index contributed by atoms with van der Waals surface area (Å²) in [7, 11) is 0. The van der Waals surface area contributed by atoms with E-state index >= 15 is 0 Å². The van der Waals surface area contributed by atoms with Gasteiger partial charge >= 0.3 is 20.1 Å². The maximum atomic E-state index is 5.25. The van der Waals surface area contributed by atoms with Crippen LogP contribution in [0, 0.1) is 26.0 Å². The molecule has 2 heterocycles. The van der Waals surface area contributed by atoms with Gasteiger partial charge in [-0.1, -0.05) is 142 Å². The summed E-state index contributed by atoms with van der Waals surface area (Å²) < 4.78 is 2.22. The van der Waals surface area contributed by atoms with Crippen LogP contribution in [0.25, 0.3) is 33.8 Å². The molecular weight excluding hydrogens is 849 g/mol. The van der Waals surface area contributed by atoms with Gasteiger partial charge in [-0.2, -0.15) is 24.3 Å². The number of anilines is 1. The van der Waals surface area contributed by atoms with Gasteiger partial charge in [0.1, 0.15) is 0 Å². The molecule has 8 rings (SSSR count). The second-order valence-electron chi connectivity index (χ2n) is 14.4. The molecule has 1 atom stereocenters. The van der Waals surface area contributed by atoms with E-state index in [4.69, 9.17) is 5.43 Å². The smallest absolute Gasteiger partial charge is 0.554 e. The first-order valence-electron chi connectivity index (χ1n) is 18.9. The maximum absolute atomic E-state index is 5.25. The summed E-state index contributed by atoms with van der Waals surface area (Å²) >= 11 is 0. The van der Waals surface area contributed by atoms with Crippen LogP contribution in [-0.2, 0) is 20.1 Å². The molecule has 0 saturated heterocycles. The first-order valence-corrected chi connectivity index (χ1v) is 18.9. The van der Waals surface area contributed by atoms with Gasteiger partial charge in [0, 0.05) is 23.8 Å². The molecule has 276 valence electrons. The zero-order valence-electron chi connectivity index (χ0n) is 32.4. The van der Waals surface area contributed by atoms with Crippen molar-refractivity contribution in [1.29, 1.82) is 0 Å². The van der Waals surface area contributed by atoms with Crippen molar-refractivity contribution in [3.63, 3.8) is 0 Å². The van der Waals surface area contributed by atoms with Gasteiger partial charge < -0.3 is 15.0 Å². The van der Waals surface area contributed by atoms with Gasteiger partial charge in [0.15, 0.2) is 0 Å². The Hall–Kier alpha value is -5.32. The Kier molecular flexibility index (Phi) is 12.8. The van der Waals surface area contributed by atoms with Gasteiger partial charge in [-0.05, 0) is 64.6 Å². The van der Waals surface area contributed by atoms with E-state index in [-0.39, 0.29) is 26.1 Å². The van der Waals surface area contributed by atoms with Crippen LogP contribution < -0.4 is 5.01 Å². The van der Waals surface area contributed by atoms with Crippen molar-refractivity contribution in [1.82, 2.24) is 9.55 Å². The third-order valence-corrected chi connectivity index (χ3v) is 10.0. The van der Waals surface area contributed by atoms with E-state index in [1.54, 1.807) is 0 Å². The van der Waals surface area contributed by atoms with Gasteiger partial charge in [0.2, 0.25) is 0 Å². The quantitative estimate of drug-likeness (QED) is 0.143. The van der Waals surface area contributed by atoms with Crippen LogP contribution in [0.2, 0.25) is 0 Å². The minimum Gasteiger partial charge on any atom is -0.554 e. The van der Waals surface area contributed by atoms with E-state index < -0.39 is 0 Å². The van der Waals surface area contributed by atoms with Crippen molar-refractivity contribution >= 4 is 17.0 Å². The fourth-order valence-electron chi connectivity index (χ4n) is 7.29. The van der Waals surface area contributed by atoms with E-state index in [1.165, 1.54) is 50.2 Å². The number of aryl methyl sites for hydroxylation is 2. The predicted molar refractivity (Wildman–Crippen MR) is 225 cm³/mol. The summed E-state index contributed by atoms with van der Waals surface area (Å²) in [5, 5.41) is 2.09. The molecule has 0 saturated carbocycles. The van der Waals surface area contributed by atoms with Crippen molar-refractivity contribution in [2.75, 3.05) is 5.01 Å². The molecule has 0 amide bonds. The number of benzene rings is 6. The van der Waals surface area contributed by atoms with E-state index in [1.807, 2.05) is 42.6 Å². The van der Waals surface area contributed by atoms with Gasteiger partial charge in [0.25, 0.3) is 0 Å². The van der Waals surface area contributed by atoms with Crippen molar-refractivity contribution < 1.29 is 20.1 Å². The Morgan fingerprint density at radius 2 is 1.20 bits per heavy atom. The molecule has 55 heavy (non-hydrogen) atoms. The predicted octanol–water partition coefficient (Wildman–Crippen LogP) is 13.1. The first-order chi connectivity index (χ1) is 26.3. The summed E-state index contributed by atoms with van der Waals surface area (Å²) in [4.78, 5) is 4.60. The van der Waals surface area contributed by atoms with Crippen LogP contribution in [0.1, 0.15) is 84.5 Å². The fraction of sp³-hybridized carbons (Fsp3) is 0.180. The number of nitrogens with zero attached hydrogens (tertiary/aromatic N) is 4. The molecule has 4 nitrogen and oxygen atoms in total. The minimum atomic E-state index is -0.0921. The standard InChI is InChI=1S/C29H24N2.C21H23N2.Ir/c1-21-13-9-11-19-25(21)27-28(23-15-5-3-6-16-23)30-31(24-17-7-4-8-18-24)29(27)26-20-12-10-14-22(26)2;1-15(2)18-11-8-12-19(16(3)4)20(18)23-14-13-22-21(23)17-9-6-5-7-10-17;/h3-17,19-20,28H,1-2H3;5-9,11-16H,1-4H3;/q-2;-1;+3. The Balaban J connectivity index is 0.000000192. The molecule has 0 fully saturated rings. The topological polar surface area (TPSA) is 35.2 Å². The van der Waals surface area contributed by atoms with E-state index in [0.29, 0.717) is 11.8 Å². The second-order valence-corrected chi connectivity index (χ2v) is 14.4. The van der Waals surface area contributed by atoms with Gasteiger partial charge in [-0.15, -0.1) is 42.0 Å². The monoisotopic (exact) mass is 896 g/mol. The van der Waals surface area contributed by atoms with Crippen LogP contribution in [0.4, 0.5) is 5.69 Å². The molecule has 1 aliphatic heterocycles. The van der Waals surface area contributed by atoms with Gasteiger partial charge in [-0.25, -0.2) is 0 Å². The Labute approximate surface area is 340 Å². The summed E-state index contributed by atoms with van der Waals surface area (Å²) in [6.45, 7) is 13.3. The summed E-state index contributed by atoms with van der Waals surface area (Å²) in [5.74, 6) is 1.86. The Bertz CT molecular complexity index is 2220. The molecule has 7 aromatic rings. The van der Waals surface area contributed by atoms with Crippen LogP contribution >= 0.6 is 0 Å². The molecule has 0 N–H and O–H groups in total. The van der Waals surface area contributed by atoms with Crippen molar-refractivity contribution in [3.8, 4) is 17.1 Å². The maximum Gasteiger partial charge on any atom is 3.00 e. The van der Waals surface area contributed by atoms with Crippen molar-refractivity contribution in [3.05, 3.63) is 214 Å². The second kappa shape index (κ2) is 17.9. The first kappa shape index (κ1) is 39.4. The number of imidazole rings is 1. The molecule has 6 aromatic carbocycles. The molecular formula is C50H47IrN4. The average Bonchev–Trinajstić information content (AvgIpc) is 3.85. The number of rotatable bonds is 8. The van der Waals surface area contributed by atoms with Crippen LogP contribution in [0.3, 0.4) is 0 Å². The molecule has 0 aliphatic carbocycles. The Morgan fingerprint density at radius 1 is 0.618 bits per heavy atom. The summed E-state index contributed by atoms with van der Waals surface area (Å²) in [5.41, 5.74) is 19.6. The average molecular weight is 896 g/mol. The number of para-hydroxylation sites is 2. The minimum absolute atomic E-state index is 0. The van der Waals surface area contributed by atoms with Crippen LogP contribution in [-0.4, -0.2) is 9.55 Å².